The predicted octanol–water partition coefficient (Wildman–Crippen LogP) is 4.28. The van der Waals surface area contributed by atoms with Gasteiger partial charge in [-0.15, -0.1) is 0 Å². The summed E-state index contributed by atoms with van der Waals surface area (Å²) in [7, 11) is 0. The zero-order valence-electron chi connectivity index (χ0n) is 10.7. The van der Waals surface area contributed by atoms with Gasteiger partial charge in [0.2, 0.25) is 0 Å². The Morgan fingerprint density at radius 2 is 1.63 bits per heavy atom. The van der Waals surface area contributed by atoms with Gasteiger partial charge in [-0.2, -0.15) is 0 Å². The Morgan fingerprint density at radius 1 is 1.05 bits per heavy atom. The summed E-state index contributed by atoms with van der Waals surface area (Å²) in [5, 5.41) is -0.463. The quantitative estimate of drug-likeness (QED) is 0.761. The zero-order chi connectivity index (χ0) is 13.7. The number of hydrogen-bond donors (Lipinski definition) is 0. The van der Waals surface area contributed by atoms with Gasteiger partial charge in [0.15, 0.2) is 6.10 Å². The van der Waals surface area contributed by atoms with Crippen LogP contribution < -0.4 is 4.74 Å². The van der Waals surface area contributed by atoms with Crippen molar-refractivity contribution < 1.29 is 9.53 Å². The van der Waals surface area contributed by atoms with Crippen molar-refractivity contribution in [2.75, 3.05) is 0 Å². The third kappa shape index (κ3) is 3.58. The van der Waals surface area contributed by atoms with Crippen LogP contribution in [0.2, 0.25) is 0 Å². The van der Waals surface area contributed by atoms with E-state index in [4.69, 9.17) is 16.3 Å². The highest BCUT2D eigenvalue weighted by molar-refractivity contribution is 6.64. The molecule has 98 valence electrons. The smallest absolute Gasteiger partial charge is 0.262 e. The van der Waals surface area contributed by atoms with Crippen LogP contribution in [0.3, 0.4) is 0 Å². The Morgan fingerprint density at radius 3 is 2.16 bits per heavy atom. The van der Waals surface area contributed by atoms with Crippen LogP contribution >= 0.6 is 11.6 Å². The minimum atomic E-state index is -0.579. The van der Waals surface area contributed by atoms with Gasteiger partial charge in [-0.1, -0.05) is 49.4 Å². The average Bonchev–Trinajstić information content (AvgIpc) is 2.46. The molecular weight excluding hydrogens is 260 g/mol. The van der Waals surface area contributed by atoms with Crippen molar-refractivity contribution in [1.82, 2.24) is 0 Å². The van der Waals surface area contributed by atoms with E-state index in [1.807, 2.05) is 61.5 Å². The van der Waals surface area contributed by atoms with Gasteiger partial charge >= 0.3 is 0 Å². The van der Waals surface area contributed by atoms with Gasteiger partial charge in [-0.25, -0.2) is 0 Å². The molecule has 0 aromatic heterocycles. The number of rotatable bonds is 5. The first-order valence-electron chi connectivity index (χ1n) is 6.22. The molecule has 2 aromatic carbocycles. The highest BCUT2D eigenvalue weighted by Crippen LogP contribution is 2.23. The predicted molar refractivity (Wildman–Crippen MR) is 77.4 cm³/mol. The van der Waals surface area contributed by atoms with Crippen LogP contribution in [-0.2, 0) is 4.79 Å². The number of carbonyl (C=O) groups excluding carboxylic acids is 1. The van der Waals surface area contributed by atoms with E-state index in [0.29, 0.717) is 12.2 Å². The zero-order valence-corrected chi connectivity index (χ0v) is 11.4. The number of ether oxygens (including phenoxy) is 1. The fourth-order valence-corrected chi connectivity index (χ4v) is 2.01. The molecule has 0 aliphatic heterocycles. The van der Waals surface area contributed by atoms with E-state index in [0.717, 1.165) is 11.1 Å². The Kier molecular flexibility index (Phi) is 4.58. The summed E-state index contributed by atoms with van der Waals surface area (Å²) >= 11 is 5.46. The van der Waals surface area contributed by atoms with Crippen molar-refractivity contribution in [2.24, 2.45) is 0 Å². The lowest BCUT2D eigenvalue weighted by atomic mass is 10.1. The summed E-state index contributed by atoms with van der Waals surface area (Å²) in [6, 6.07) is 17.7. The van der Waals surface area contributed by atoms with E-state index in [1.54, 1.807) is 0 Å². The number of halogens is 1. The molecule has 0 bridgehead atoms. The molecule has 0 saturated heterocycles. The molecule has 19 heavy (non-hydrogen) atoms. The van der Waals surface area contributed by atoms with Crippen LogP contribution in [0, 0.1) is 0 Å². The molecule has 1 atom stereocenters. The molecule has 0 spiro atoms. The molecule has 0 fully saturated rings. The van der Waals surface area contributed by atoms with Crippen LogP contribution in [-0.4, -0.2) is 11.3 Å². The largest absolute Gasteiger partial charge is 0.481 e. The summed E-state index contributed by atoms with van der Waals surface area (Å²) in [6.07, 6.45) is -0.0211. The molecule has 0 aliphatic carbocycles. The fraction of sp³-hybridized carbons (Fsp3) is 0.188. The van der Waals surface area contributed by atoms with Crippen LogP contribution in [0.15, 0.2) is 54.6 Å². The first-order chi connectivity index (χ1) is 9.20. The standard InChI is InChI=1S/C16H15ClO2/c1-2-15(16(17)18)19-14-10-8-13(9-11-14)12-6-4-3-5-7-12/h3-11,15H,2H2,1H3/t15-/m0/s1. The minimum absolute atomic E-state index is 0.463. The van der Waals surface area contributed by atoms with Gasteiger partial charge in [0.25, 0.3) is 5.24 Å². The highest BCUT2D eigenvalue weighted by atomic mass is 35.5. The molecule has 2 rings (SSSR count). The van der Waals surface area contributed by atoms with Crippen LogP contribution in [0.4, 0.5) is 0 Å². The summed E-state index contributed by atoms with van der Waals surface area (Å²) < 4.78 is 5.53. The van der Waals surface area contributed by atoms with E-state index in [-0.39, 0.29) is 0 Å². The maximum absolute atomic E-state index is 11.1. The summed E-state index contributed by atoms with van der Waals surface area (Å²) in [4.78, 5) is 11.1. The first kappa shape index (κ1) is 13.6. The Labute approximate surface area is 118 Å². The third-order valence-corrected chi connectivity index (χ3v) is 3.11. The van der Waals surface area contributed by atoms with E-state index >= 15 is 0 Å². The van der Waals surface area contributed by atoms with Crippen molar-refractivity contribution in [3.05, 3.63) is 54.6 Å². The second kappa shape index (κ2) is 6.39. The second-order valence-corrected chi connectivity index (χ2v) is 4.58. The molecule has 3 heteroatoms. The lowest BCUT2D eigenvalue weighted by Gasteiger charge is -2.13. The molecule has 0 saturated carbocycles. The molecule has 0 amide bonds. The molecule has 0 radical (unpaired) electrons. The van der Waals surface area contributed by atoms with Crippen LogP contribution in [0.1, 0.15) is 13.3 Å². The van der Waals surface area contributed by atoms with E-state index in [9.17, 15) is 4.79 Å². The molecular formula is C16H15ClO2. The molecule has 0 N–H and O–H groups in total. The highest BCUT2D eigenvalue weighted by Gasteiger charge is 2.15. The summed E-state index contributed by atoms with van der Waals surface area (Å²) in [6.45, 7) is 1.86. The average molecular weight is 275 g/mol. The maximum atomic E-state index is 11.1. The van der Waals surface area contributed by atoms with Gasteiger partial charge in [0.05, 0.1) is 0 Å². The van der Waals surface area contributed by atoms with Crippen molar-refractivity contribution >= 4 is 16.8 Å². The Bertz CT molecular complexity index is 534. The molecule has 0 heterocycles. The molecule has 0 aliphatic rings. The molecule has 0 unspecified atom stereocenters. The summed E-state index contributed by atoms with van der Waals surface area (Å²) in [5.41, 5.74) is 2.26. The Hall–Kier alpha value is -1.80. The second-order valence-electron chi connectivity index (χ2n) is 4.21. The van der Waals surface area contributed by atoms with Crippen molar-refractivity contribution in [3.63, 3.8) is 0 Å². The van der Waals surface area contributed by atoms with Gasteiger partial charge in [-0.3, -0.25) is 4.79 Å². The SMILES string of the molecule is CC[C@H](Oc1ccc(-c2ccccc2)cc1)C(=O)Cl. The number of hydrogen-bond acceptors (Lipinski definition) is 2. The Balaban J connectivity index is 2.13. The molecule has 2 nitrogen and oxygen atoms in total. The van der Waals surface area contributed by atoms with E-state index in [1.165, 1.54) is 0 Å². The lowest BCUT2D eigenvalue weighted by molar-refractivity contribution is -0.117. The lowest BCUT2D eigenvalue weighted by Crippen LogP contribution is -2.22. The summed E-state index contributed by atoms with van der Waals surface area (Å²) in [5.74, 6) is 0.653. The number of carbonyl (C=O) groups is 1. The van der Waals surface area contributed by atoms with Crippen LogP contribution in [0.5, 0.6) is 5.75 Å². The normalized spacial score (nSPS) is 11.9. The van der Waals surface area contributed by atoms with Crippen molar-refractivity contribution in [3.8, 4) is 16.9 Å². The number of benzene rings is 2. The van der Waals surface area contributed by atoms with E-state index < -0.39 is 11.3 Å². The monoisotopic (exact) mass is 274 g/mol. The first-order valence-corrected chi connectivity index (χ1v) is 6.60. The molecule has 2 aromatic rings. The van der Waals surface area contributed by atoms with Gasteiger partial charge < -0.3 is 4.74 Å². The van der Waals surface area contributed by atoms with Gasteiger partial charge in [-0.05, 0) is 41.3 Å². The van der Waals surface area contributed by atoms with Crippen LogP contribution in [0.25, 0.3) is 11.1 Å². The maximum Gasteiger partial charge on any atom is 0.262 e. The fourth-order valence-electron chi connectivity index (χ4n) is 1.81. The topological polar surface area (TPSA) is 26.3 Å². The van der Waals surface area contributed by atoms with Gasteiger partial charge in [0.1, 0.15) is 5.75 Å². The van der Waals surface area contributed by atoms with Crippen molar-refractivity contribution in [2.45, 2.75) is 19.4 Å². The van der Waals surface area contributed by atoms with Crippen molar-refractivity contribution in [1.29, 1.82) is 0 Å². The van der Waals surface area contributed by atoms with Gasteiger partial charge in [0, 0.05) is 0 Å². The third-order valence-electron chi connectivity index (χ3n) is 2.86. The minimum Gasteiger partial charge on any atom is -0.481 e. The van der Waals surface area contributed by atoms with E-state index in [2.05, 4.69) is 0 Å².